The number of nitrogens with one attached hydrogen (secondary N) is 2. The minimum absolute atomic E-state index is 0.246. The summed E-state index contributed by atoms with van der Waals surface area (Å²) in [4.78, 5) is 13.6. The Morgan fingerprint density at radius 1 is 1.03 bits per heavy atom. The largest absolute Gasteiger partial charge is 0.493 e. The van der Waals surface area contributed by atoms with E-state index in [1.54, 1.807) is 11.8 Å². The Morgan fingerprint density at radius 2 is 1.81 bits per heavy atom. The number of ether oxygens (including phenoxy) is 2. The first-order valence-corrected chi connectivity index (χ1v) is 11.5. The van der Waals surface area contributed by atoms with E-state index >= 15 is 0 Å². The van der Waals surface area contributed by atoms with Gasteiger partial charge in [0.15, 0.2) is 11.5 Å². The molecule has 9 heteroatoms. The van der Waals surface area contributed by atoms with Gasteiger partial charge in [-0.05, 0) is 59.2 Å². The third kappa shape index (κ3) is 4.50. The highest BCUT2D eigenvalue weighted by Crippen LogP contribution is 2.39. The normalized spacial score (nSPS) is 14.6. The van der Waals surface area contributed by atoms with E-state index in [1.165, 1.54) is 0 Å². The highest BCUT2D eigenvalue weighted by Gasteiger charge is 2.34. The summed E-state index contributed by atoms with van der Waals surface area (Å²) in [7, 11) is 1.59. The molecule has 0 saturated carbocycles. The van der Waals surface area contributed by atoms with Crippen molar-refractivity contribution in [3.8, 4) is 11.5 Å². The number of fused-ring (bicyclic) bond motifs is 1. The number of amides is 1. The Morgan fingerprint density at radius 3 is 2.58 bits per heavy atom. The van der Waals surface area contributed by atoms with Crippen molar-refractivity contribution >= 4 is 17.5 Å². The fourth-order valence-corrected chi connectivity index (χ4v) is 4.23. The van der Waals surface area contributed by atoms with Gasteiger partial charge in [-0.15, -0.1) is 0 Å². The molecular formula is C27H26N6O3. The minimum atomic E-state index is -0.572. The van der Waals surface area contributed by atoms with Crippen molar-refractivity contribution in [3.05, 3.63) is 101 Å². The summed E-state index contributed by atoms with van der Waals surface area (Å²) in [5.74, 6) is 1.35. The highest BCUT2D eigenvalue weighted by molar-refractivity contribution is 6.06. The number of carbonyl (C=O) groups is 1. The number of nitrogens with zero attached hydrogens (tertiary/aromatic N) is 4. The first-order valence-electron chi connectivity index (χ1n) is 11.5. The molecule has 0 spiro atoms. The van der Waals surface area contributed by atoms with Crippen molar-refractivity contribution < 1.29 is 14.3 Å². The number of benzene rings is 3. The van der Waals surface area contributed by atoms with Crippen molar-refractivity contribution in [1.29, 1.82) is 0 Å². The average molecular weight is 483 g/mol. The average Bonchev–Trinajstić information content (AvgIpc) is 3.36. The predicted octanol–water partition coefficient (Wildman–Crippen LogP) is 4.50. The smallest absolute Gasteiger partial charge is 0.255 e. The van der Waals surface area contributed by atoms with E-state index in [9.17, 15) is 4.79 Å². The van der Waals surface area contributed by atoms with Crippen LogP contribution in [0, 0.1) is 6.92 Å². The molecule has 1 aliphatic rings. The number of rotatable bonds is 7. The molecule has 1 atom stereocenters. The lowest BCUT2D eigenvalue weighted by Gasteiger charge is -2.28. The van der Waals surface area contributed by atoms with Crippen LogP contribution in [0.5, 0.6) is 11.5 Å². The lowest BCUT2D eigenvalue weighted by molar-refractivity contribution is -0.113. The van der Waals surface area contributed by atoms with E-state index in [1.807, 2.05) is 86.6 Å². The summed E-state index contributed by atoms with van der Waals surface area (Å²) >= 11 is 0. The Balaban J connectivity index is 1.49. The molecule has 9 nitrogen and oxygen atoms in total. The fourth-order valence-electron chi connectivity index (χ4n) is 4.23. The summed E-state index contributed by atoms with van der Waals surface area (Å²) in [6.07, 6.45) is 0. The molecule has 0 fully saturated rings. The zero-order valence-corrected chi connectivity index (χ0v) is 20.2. The third-order valence-corrected chi connectivity index (χ3v) is 6.09. The quantitative estimate of drug-likeness (QED) is 0.400. The Kier molecular flexibility index (Phi) is 6.36. The second-order valence-corrected chi connectivity index (χ2v) is 8.47. The van der Waals surface area contributed by atoms with Crippen LogP contribution in [-0.2, 0) is 11.4 Å². The molecule has 5 rings (SSSR count). The summed E-state index contributed by atoms with van der Waals surface area (Å²) in [5.41, 5.74) is 4.70. The maximum absolute atomic E-state index is 13.6. The number of anilines is 2. The van der Waals surface area contributed by atoms with Crippen LogP contribution in [0.1, 0.15) is 29.7 Å². The number of tetrazole rings is 1. The van der Waals surface area contributed by atoms with Gasteiger partial charge in [0.25, 0.3) is 5.91 Å². The van der Waals surface area contributed by atoms with Crippen LogP contribution in [0.15, 0.2) is 84.1 Å². The first kappa shape index (κ1) is 23.1. The van der Waals surface area contributed by atoms with Crippen molar-refractivity contribution in [2.24, 2.45) is 0 Å². The number of carbonyl (C=O) groups excluding carboxylic acids is 1. The fraction of sp³-hybridized carbons (Fsp3) is 0.185. The Labute approximate surface area is 208 Å². The summed E-state index contributed by atoms with van der Waals surface area (Å²) in [5, 5.41) is 18.2. The molecule has 1 amide bonds. The zero-order valence-electron chi connectivity index (χ0n) is 20.2. The second-order valence-electron chi connectivity index (χ2n) is 8.47. The molecule has 0 saturated heterocycles. The first-order chi connectivity index (χ1) is 17.5. The van der Waals surface area contributed by atoms with Crippen LogP contribution in [-0.4, -0.2) is 33.2 Å². The number of aryl methyl sites for hydroxylation is 1. The van der Waals surface area contributed by atoms with Crippen LogP contribution >= 0.6 is 0 Å². The van der Waals surface area contributed by atoms with E-state index in [4.69, 9.17) is 9.47 Å². The van der Waals surface area contributed by atoms with E-state index in [-0.39, 0.29) is 5.91 Å². The molecule has 0 radical (unpaired) electrons. The van der Waals surface area contributed by atoms with Crippen molar-refractivity contribution in [2.75, 3.05) is 17.7 Å². The highest BCUT2D eigenvalue weighted by atomic mass is 16.5. The SMILES string of the molecule is COc1cc([C@@H]2C(C(=O)Nc3ccccc3C)=C(C)Nc3nnnn32)ccc1OCc1ccccc1. The summed E-state index contributed by atoms with van der Waals surface area (Å²) in [6, 6.07) is 22.6. The molecular weight excluding hydrogens is 456 g/mol. The van der Waals surface area contributed by atoms with Crippen LogP contribution in [0.25, 0.3) is 0 Å². The van der Waals surface area contributed by atoms with Crippen molar-refractivity contribution in [3.63, 3.8) is 0 Å². The molecule has 0 aliphatic carbocycles. The van der Waals surface area contributed by atoms with Gasteiger partial charge >= 0.3 is 0 Å². The van der Waals surface area contributed by atoms with Gasteiger partial charge in [0, 0.05) is 11.4 Å². The van der Waals surface area contributed by atoms with Gasteiger partial charge in [-0.25, -0.2) is 0 Å². The molecule has 36 heavy (non-hydrogen) atoms. The van der Waals surface area contributed by atoms with Gasteiger partial charge in [0.1, 0.15) is 12.6 Å². The predicted molar refractivity (Wildman–Crippen MR) is 136 cm³/mol. The number of para-hydroxylation sites is 1. The summed E-state index contributed by atoms with van der Waals surface area (Å²) in [6.45, 7) is 4.20. The zero-order chi connectivity index (χ0) is 25.1. The van der Waals surface area contributed by atoms with Crippen LogP contribution in [0.4, 0.5) is 11.6 Å². The third-order valence-electron chi connectivity index (χ3n) is 6.09. The molecule has 0 unspecified atom stereocenters. The molecule has 1 aromatic heterocycles. The van der Waals surface area contributed by atoms with Crippen molar-refractivity contribution in [2.45, 2.75) is 26.5 Å². The van der Waals surface area contributed by atoms with E-state index in [0.29, 0.717) is 35.3 Å². The number of hydrogen-bond acceptors (Lipinski definition) is 7. The van der Waals surface area contributed by atoms with Crippen LogP contribution in [0.3, 0.4) is 0 Å². The molecule has 182 valence electrons. The van der Waals surface area contributed by atoms with E-state index in [2.05, 4.69) is 26.2 Å². The Bertz CT molecular complexity index is 1430. The Hall–Kier alpha value is -4.66. The van der Waals surface area contributed by atoms with Gasteiger partial charge < -0.3 is 20.1 Å². The van der Waals surface area contributed by atoms with Crippen LogP contribution < -0.4 is 20.1 Å². The van der Waals surface area contributed by atoms with Gasteiger partial charge in [0.2, 0.25) is 5.95 Å². The lowest BCUT2D eigenvalue weighted by atomic mass is 9.94. The molecule has 2 N–H and O–H groups in total. The minimum Gasteiger partial charge on any atom is -0.493 e. The van der Waals surface area contributed by atoms with Gasteiger partial charge in [-0.2, -0.15) is 4.68 Å². The van der Waals surface area contributed by atoms with Crippen molar-refractivity contribution in [1.82, 2.24) is 20.2 Å². The number of hydrogen-bond donors (Lipinski definition) is 2. The maximum Gasteiger partial charge on any atom is 0.255 e. The van der Waals surface area contributed by atoms with Gasteiger partial charge in [-0.1, -0.05) is 59.7 Å². The molecule has 2 heterocycles. The monoisotopic (exact) mass is 482 g/mol. The van der Waals surface area contributed by atoms with Gasteiger partial charge in [-0.3, -0.25) is 4.79 Å². The molecule has 3 aromatic carbocycles. The van der Waals surface area contributed by atoms with Gasteiger partial charge in [0.05, 0.1) is 12.7 Å². The van der Waals surface area contributed by atoms with E-state index < -0.39 is 6.04 Å². The molecule has 1 aliphatic heterocycles. The summed E-state index contributed by atoms with van der Waals surface area (Å²) < 4.78 is 13.3. The molecule has 4 aromatic rings. The maximum atomic E-state index is 13.6. The van der Waals surface area contributed by atoms with Crippen LogP contribution in [0.2, 0.25) is 0 Å². The number of allylic oxidation sites excluding steroid dienone is 1. The van der Waals surface area contributed by atoms with E-state index in [0.717, 1.165) is 22.4 Å². The standard InChI is InChI=1S/C27H26N6O3/c1-17-9-7-8-12-21(17)29-26(34)24-18(2)28-27-30-31-32-33(27)25(24)20-13-14-22(23(15-20)35-3)36-16-19-10-5-4-6-11-19/h4-15,25H,16H2,1-3H3,(H,29,34)(H,28,30,32)/t25-/m1/s1. The molecule has 0 bridgehead atoms. The number of aromatic nitrogens is 4. The number of methoxy groups -OCH3 is 1. The topological polar surface area (TPSA) is 103 Å². The second kappa shape index (κ2) is 9.91. The lowest BCUT2D eigenvalue weighted by Crippen LogP contribution is -2.31.